The fourth-order valence-corrected chi connectivity index (χ4v) is 6.63. The number of rotatable bonds is 10. The Labute approximate surface area is 222 Å². The van der Waals surface area contributed by atoms with Gasteiger partial charge in [0.05, 0.1) is 11.0 Å². The molecular formula is C31H40N2O3S. The Morgan fingerprint density at radius 2 is 1.59 bits per heavy atom. The molecule has 6 heteroatoms. The average molecular weight is 521 g/mol. The molecule has 0 saturated heterocycles. The van der Waals surface area contributed by atoms with Crippen molar-refractivity contribution < 1.29 is 13.5 Å². The summed E-state index contributed by atoms with van der Waals surface area (Å²) in [5, 5.41) is 14.2. The fraction of sp³-hybridized carbons (Fsp3) is 0.419. The van der Waals surface area contributed by atoms with E-state index < -0.39 is 16.1 Å². The van der Waals surface area contributed by atoms with Crippen LogP contribution in [0.15, 0.2) is 71.6 Å². The minimum Gasteiger partial charge on any atom is -0.390 e. The van der Waals surface area contributed by atoms with E-state index in [1.807, 2.05) is 18.2 Å². The van der Waals surface area contributed by atoms with Crippen molar-refractivity contribution in [3.8, 4) is 11.1 Å². The van der Waals surface area contributed by atoms with Gasteiger partial charge in [0.2, 0.25) is 10.0 Å². The van der Waals surface area contributed by atoms with E-state index in [0.717, 1.165) is 30.4 Å². The lowest BCUT2D eigenvalue weighted by atomic mass is 9.88. The lowest BCUT2D eigenvalue weighted by Gasteiger charge is -2.31. The molecule has 3 aromatic rings. The van der Waals surface area contributed by atoms with Crippen molar-refractivity contribution >= 4 is 10.0 Å². The van der Waals surface area contributed by atoms with Crippen LogP contribution in [0.3, 0.4) is 0 Å². The predicted molar refractivity (Wildman–Crippen MR) is 151 cm³/mol. The topological polar surface area (TPSA) is 69.6 Å². The monoisotopic (exact) mass is 520 g/mol. The minimum absolute atomic E-state index is 0.0220. The van der Waals surface area contributed by atoms with Gasteiger partial charge in [-0.05, 0) is 98.4 Å². The number of sulfonamides is 1. The Balaban J connectivity index is 1.34. The largest absolute Gasteiger partial charge is 0.390 e. The zero-order chi connectivity index (χ0) is 26.8. The Bertz CT molecular complexity index is 1330. The van der Waals surface area contributed by atoms with Crippen molar-refractivity contribution in [2.24, 2.45) is 5.92 Å². The SMILES string of the molecule is Cc1ccc(-c2cccc(S(=O)(=O)N(C)C[C@H](O)CNC(C)(C)CC3Cc4ccccc4C3)c2)cc1C. The molecule has 0 amide bonds. The second kappa shape index (κ2) is 11.1. The molecule has 0 saturated carbocycles. The smallest absolute Gasteiger partial charge is 0.242 e. The number of aliphatic hydroxyl groups is 1. The molecule has 0 bridgehead atoms. The van der Waals surface area contributed by atoms with Crippen molar-refractivity contribution in [3.05, 3.63) is 89.0 Å². The second-order valence-corrected chi connectivity index (χ2v) is 13.3. The Hall–Kier alpha value is -2.51. The van der Waals surface area contributed by atoms with Crippen LogP contribution in [0.4, 0.5) is 0 Å². The van der Waals surface area contributed by atoms with Gasteiger partial charge in [-0.1, -0.05) is 54.6 Å². The Morgan fingerprint density at radius 1 is 0.946 bits per heavy atom. The number of aliphatic hydroxyl groups excluding tert-OH is 1. The molecule has 1 aliphatic carbocycles. The van der Waals surface area contributed by atoms with Crippen molar-refractivity contribution in [1.82, 2.24) is 9.62 Å². The van der Waals surface area contributed by atoms with Crippen molar-refractivity contribution in [3.63, 3.8) is 0 Å². The zero-order valence-electron chi connectivity index (χ0n) is 22.7. The number of nitrogens with zero attached hydrogens (tertiary/aromatic N) is 1. The van der Waals surface area contributed by atoms with E-state index in [2.05, 4.69) is 63.3 Å². The van der Waals surface area contributed by atoms with Crippen LogP contribution in [0, 0.1) is 19.8 Å². The maximum absolute atomic E-state index is 13.3. The van der Waals surface area contributed by atoms with Gasteiger partial charge in [0.1, 0.15) is 0 Å². The summed E-state index contributed by atoms with van der Waals surface area (Å²) in [5.41, 5.74) is 6.93. The molecule has 2 N–H and O–H groups in total. The molecule has 1 aliphatic rings. The first-order chi connectivity index (χ1) is 17.4. The van der Waals surface area contributed by atoms with Crippen LogP contribution in [0.1, 0.15) is 42.5 Å². The third-order valence-electron chi connectivity index (χ3n) is 7.60. The minimum atomic E-state index is -3.74. The molecule has 0 aromatic heterocycles. The molecule has 0 heterocycles. The van der Waals surface area contributed by atoms with Crippen LogP contribution in [0.5, 0.6) is 0 Å². The van der Waals surface area contributed by atoms with Crippen LogP contribution in [-0.4, -0.2) is 49.6 Å². The van der Waals surface area contributed by atoms with Gasteiger partial charge < -0.3 is 10.4 Å². The van der Waals surface area contributed by atoms with Gasteiger partial charge in [0.25, 0.3) is 0 Å². The molecule has 0 spiro atoms. The highest BCUT2D eigenvalue weighted by atomic mass is 32.2. The fourth-order valence-electron chi connectivity index (χ4n) is 5.38. The molecule has 5 nitrogen and oxygen atoms in total. The lowest BCUT2D eigenvalue weighted by molar-refractivity contribution is 0.135. The molecule has 0 aliphatic heterocycles. The Morgan fingerprint density at radius 3 is 2.24 bits per heavy atom. The number of benzene rings is 3. The van der Waals surface area contributed by atoms with Gasteiger partial charge in [0, 0.05) is 25.7 Å². The summed E-state index contributed by atoms with van der Waals surface area (Å²) in [6.45, 7) is 8.77. The second-order valence-electron chi connectivity index (χ2n) is 11.3. The van der Waals surface area contributed by atoms with Gasteiger partial charge >= 0.3 is 0 Å². The molecule has 1 atom stereocenters. The average Bonchev–Trinajstić information content (AvgIpc) is 3.26. The zero-order valence-corrected chi connectivity index (χ0v) is 23.5. The van der Waals surface area contributed by atoms with E-state index >= 15 is 0 Å². The summed E-state index contributed by atoms with van der Waals surface area (Å²) in [5.74, 6) is 0.574. The summed E-state index contributed by atoms with van der Waals surface area (Å²) in [7, 11) is -2.21. The van der Waals surface area contributed by atoms with Crippen molar-refractivity contribution in [2.75, 3.05) is 20.1 Å². The van der Waals surface area contributed by atoms with Crippen LogP contribution >= 0.6 is 0 Å². The highest BCUT2D eigenvalue weighted by molar-refractivity contribution is 7.89. The molecule has 0 fully saturated rings. The first-order valence-corrected chi connectivity index (χ1v) is 14.5. The van der Waals surface area contributed by atoms with Gasteiger partial charge in [-0.2, -0.15) is 4.31 Å². The van der Waals surface area contributed by atoms with E-state index in [9.17, 15) is 13.5 Å². The third-order valence-corrected chi connectivity index (χ3v) is 9.42. The summed E-state index contributed by atoms with van der Waals surface area (Å²) >= 11 is 0. The summed E-state index contributed by atoms with van der Waals surface area (Å²) < 4.78 is 27.9. The van der Waals surface area contributed by atoms with E-state index in [1.54, 1.807) is 18.2 Å². The highest BCUT2D eigenvalue weighted by Crippen LogP contribution is 2.32. The number of likely N-dealkylation sites (N-methyl/N-ethyl adjacent to an activating group) is 1. The van der Waals surface area contributed by atoms with E-state index in [0.29, 0.717) is 12.5 Å². The van der Waals surface area contributed by atoms with Crippen LogP contribution < -0.4 is 5.32 Å². The van der Waals surface area contributed by atoms with Crippen LogP contribution in [0.25, 0.3) is 11.1 Å². The third kappa shape index (κ3) is 6.68. The summed E-state index contributed by atoms with van der Waals surface area (Å²) in [6.07, 6.45) is 2.36. The highest BCUT2D eigenvalue weighted by Gasteiger charge is 2.29. The molecule has 198 valence electrons. The van der Waals surface area contributed by atoms with Gasteiger partial charge in [-0.3, -0.25) is 0 Å². The van der Waals surface area contributed by atoms with Crippen LogP contribution in [-0.2, 0) is 22.9 Å². The van der Waals surface area contributed by atoms with E-state index in [1.165, 1.54) is 33.6 Å². The molecule has 0 unspecified atom stereocenters. The molecule has 3 aromatic carbocycles. The lowest BCUT2D eigenvalue weighted by Crippen LogP contribution is -2.47. The number of hydrogen-bond acceptors (Lipinski definition) is 4. The number of aryl methyl sites for hydroxylation is 2. The Kier molecular flexibility index (Phi) is 8.24. The van der Waals surface area contributed by atoms with Gasteiger partial charge in [0.15, 0.2) is 0 Å². The number of hydrogen-bond donors (Lipinski definition) is 2. The van der Waals surface area contributed by atoms with Gasteiger partial charge in [-0.25, -0.2) is 8.42 Å². The van der Waals surface area contributed by atoms with Crippen molar-refractivity contribution in [2.45, 2.75) is 63.5 Å². The summed E-state index contributed by atoms with van der Waals surface area (Å²) in [4.78, 5) is 0.229. The first kappa shape index (κ1) is 27.5. The van der Waals surface area contributed by atoms with E-state index in [4.69, 9.17) is 0 Å². The number of fused-ring (bicyclic) bond motifs is 1. The standard InChI is InChI=1S/C31H40N2O3S/c1-22-13-14-28(15-23(22)2)27-11-8-12-30(18-27)37(35,36)33(5)21-29(34)20-32-31(3,4)19-24-16-25-9-6-7-10-26(25)17-24/h6-15,18,24,29,32,34H,16-17,19-21H2,1-5H3/t29-/m1/s1. The quantitative estimate of drug-likeness (QED) is 0.389. The maximum Gasteiger partial charge on any atom is 0.242 e. The number of nitrogens with one attached hydrogen (secondary N) is 1. The molecule has 4 rings (SSSR count). The van der Waals surface area contributed by atoms with Crippen LogP contribution in [0.2, 0.25) is 0 Å². The number of β-amino-alcohol motifs (C(OH)–C–C–N with tert-alkyl or cyclic N) is 1. The predicted octanol–water partition coefficient (Wildman–Crippen LogP) is 5.13. The van der Waals surface area contributed by atoms with Gasteiger partial charge in [-0.15, -0.1) is 0 Å². The normalized spacial score (nSPS) is 15.2. The summed E-state index contributed by atoms with van der Waals surface area (Å²) in [6, 6.07) is 21.8. The first-order valence-electron chi connectivity index (χ1n) is 13.1. The van der Waals surface area contributed by atoms with Crippen molar-refractivity contribution in [1.29, 1.82) is 0 Å². The molecular weight excluding hydrogens is 480 g/mol. The molecule has 0 radical (unpaired) electrons. The molecule has 37 heavy (non-hydrogen) atoms. The maximum atomic E-state index is 13.3. The van der Waals surface area contributed by atoms with E-state index in [-0.39, 0.29) is 17.0 Å².